The molecule has 0 unspecified atom stereocenters. The number of H-pyrrole nitrogens is 1. The molecule has 5 N–H and O–H groups in total. The number of hydrogen-bond donors (Lipinski definition) is 4. The molecular weight excluding hydrogens is 284 g/mol. The molecule has 0 bridgehead atoms. The van der Waals surface area contributed by atoms with Crippen LogP contribution in [0.3, 0.4) is 0 Å². The smallest absolute Gasteiger partial charge is 0.316 e. The summed E-state index contributed by atoms with van der Waals surface area (Å²) in [6.45, 7) is 0. The van der Waals surface area contributed by atoms with Crippen molar-refractivity contribution in [2.75, 3.05) is 5.32 Å². The molecule has 8 heteroatoms. The minimum absolute atomic E-state index is 0.104. The van der Waals surface area contributed by atoms with E-state index in [1.54, 1.807) is 6.20 Å². The van der Waals surface area contributed by atoms with Crippen LogP contribution in [-0.2, 0) is 7.05 Å². The molecule has 0 atom stereocenters. The summed E-state index contributed by atoms with van der Waals surface area (Å²) >= 11 is 0. The van der Waals surface area contributed by atoms with Crippen molar-refractivity contribution in [3.63, 3.8) is 0 Å². The first kappa shape index (κ1) is 14.0. The molecule has 0 saturated carbocycles. The first-order chi connectivity index (χ1) is 10.7. The second-order valence-electron chi connectivity index (χ2n) is 4.71. The largest absolute Gasteiger partial charge is 0.334 e. The van der Waals surface area contributed by atoms with Gasteiger partial charge in [-0.25, -0.2) is 15.2 Å². The van der Waals surface area contributed by atoms with E-state index in [-0.39, 0.29) is 5.69 Å². The molecule has 0 aliphatic carbocycles. The average molecular weight is 299 g/mol. The van der Waals surface area contributed by atoms with Gasteiger partial charge >= 0.3 is 5.56 Å². The lowest BCUT2D eigenvalue weighted by atomic mass is 10.2. The third-order valence-electron chi connectivity index (χ3n) is 3.17. The van der Waals surface area contributed by atoms with Crippen LogP contribution in [0.5, 0.6) is 0 Å². The summed E-state index contributed by atoms with van der Waals surface area (Å²) < 4.78 is 1.92. The number of rotatable bonds is 4. The summed E-state index contributed by atoms with van der Waals surface area (Å²) in [4.78, 5) is 22.5. The molecule has 0 fully saturated rings. The highest BCUT2D eigenvalue weighted by Gasteiger charge is 2.07. The van der Waals surface area contributed by atoms with E-state index in [1.807, 2.05) is 42.1 Å². The monoisotopic (exact) mass is 299 g/mol. The van der Waals surface area contributed by atoms with E-state index in [4.69, 9.17) is 5.21 Å². The fourth-order valence-corrected chi connectivity index (χ4v) is 2.08. The quantitative estimate of drug-likeness (QED) is 0.524. The Kier molecular flexibility index (Phi) is 3.69. The zero-order chi connectivity index (χ0) is 15.5. The van der Waals surface area contributed by atoms with Crippen LogP contribution >= 0.6 is 0 Å². The highest BCUT2D eigenvalue weighted by Crippen LogP contribution is 2.21. The van der Waals surface area contributed by atoms with E-state index in [1.165, 1.54) is 6.20 Å². The Balaban J connectivity index is 1.89. The maximum Gasteiger partial charge on any atom is 0.316 e. The third-order valence-corrected chi connectivity index (χ3v) is 3.17. The first-order valence-corrected chi connectivity index (χ1v) is 6.59. The molecule has 0 aliphatic heterocycles. The number of nitrogens with two attached hydrogens (primary N) is 1. The van der Waals surface area contributed by atoms with E-state index in [2.05, 4.69) is 20.3 Å². The van der Waals surface area contributed by atoms with Gasteiger partial charge in [-0.2, -0.15) is 5.48 Å². The second kappa shape index (κ2) is 5.80. The lowest BCUT2D eigenvalue weighted by Crippen LogP contribution is -2.76. The summed E-state index contributed by atoms with van der Waals surface area (Å²) in [5, 5.41) is 11.9. The van der Waals surface area contributed by atoms with Crippen molar-refractivity contribution >= 4 is 17.3 Å². The predicted octanol–water partition coefficient (Wildman–Crippen LogP) is 0.498. The molecule has 0 spiro atoms. The number of hydrogen-bond acceptors (Lipinski definition) is 5. The van der Waals surface area contributed by atoms with Gasteiger partial charge in [0.1, 0.15) is 12.0 Å². The van der Waals surface area contributed by atoms with Crippen LogP contribution in [0.4, 0.5) is 17.3 Å². The summed E-state index contributed by atoms with van der Waals surface area (Å²) in [7, 11) is 1.92. The van der Waals surface area contributed by atoms with Crippen molar-refractivity contribution in [1.82, 2.24) is 19.5 Å². The maximum absolute atomic E-state index is 11.6. The number of anilines is 2. The third kappa shape index (κ3) is 2.73. The Morgan fingerprint density at radius 3 is 2.91 bits per heavy atom. The summed E-state index contributed by atoms with van der Waals surface area (Å²) in [5.41, 5.74) is 2.12. The van der Waals surface area contributed by atoms with Crippen LogP contribution in [0, 0.1) is 0 Å². The standard InChI is InChI=1S/C14H14N6O2/c1-20-6-5-15-12(20)9-3-2-4-10(7-9)17-14-16-8-11(19-22)13(21)18-14/h2-8,19,22H,1H3,(H2,16,17,18,21)/p+1. The van der Waals surface area contributed by atoms with Gasteiger partial charge in [0.05, 0.1) is 0 Å². The fourth-order valence-electron chi connectivity index (χ4n) is 2.08. The van der Waals surface area contributed by atoms with Crippen molar-refractivity contribution in [3.05, 3.63) is 53.2 Å². The molecule has 1 aromatic carbocycles. The summed E-state index contributed by atoms with van der Waals surface area (Å²) in [6.07, 6.45) is 4.90. The number of imidazole rings is 1. The zero-order valence-electron chi connectivity index (χ0n) is 11.8. The van der Waals surface area contributed by atoms with E-state index < -0.39 is 5.56 Å². The van der Waals surface area contributed by atoms with Gasteiger partial charge in [-0.1, -0.05) is 12.1 Å². The van der Waals surface area contributed by atoms with Crippen LogP contribution in [0.25, 0.3) is 11.4 Å². The Hall–Kier alpha value is -2.97. The Bertz CT molecular complexity index is 854. The van der Waals surface area contributed by atoms with Crippen molar-refractivity contribution in [2.24, 2.45) is 7.05 Å². The number of aryl methyl sites for hydroxylation is 1. The van der Waals surface area contributed by atoms with E-state index >= 15 is 0 Å². The molecule has 0 amide bonds. The average Bonchev–Trinajstić information content (AvgIpc) is 2.94. The lowest BCUT2D eigenvalue weighted by molar-refractivity contribution is -0.826. The van der Waals surface area contributed by atoms with Gasteiger partial charge in [0.25, 0.3) is 0 Å². The SMILES string of the molecule is Cn1ccnc1-c1cccc(Nc2ncc([NH2+]O)c(=O)[nH]2)c1. The van der Waals surface area contributed by atoms with Gasteiger partial charge in [0.2, 0.25) is 11.6 Å². The molecule has 22 heavy (non-hydrogen) atoms. The topological polar surface area (TPSA) is 112 Å². The predicted molar refractivity (Wildman–Crippen MR) is 80.2 cm³/mol. The number of aromatic nitrogens is 4. The molecule has 112 valence electrons. The summed E-state index contributed by atoms with van der Waals surface area (Å²) in [6, 6.07) is 7.61. The molecular formula is C14H15N6O2+. The lowest BCUT2D eigenvalue weighted by Gasteiger charge is -2.07. The Labute approximate surface area is 125 Å². The number of nitrogens with zero attached hydrogens (tertiary/aromatic N) is 3. The zero-order valence-corrected chi connectivity index (χ0v) is 11.8. The summed E-state index contributed by atoms with van der Waals surface area (Å²) in [5.74, 6) is 1.14. The molecule has 2 aromatic heterocycles. The van der Waals surface area contributed by atoms with Crippen molar-refractivity contribution in [3.8, 4) is 11.4 Å². The number of nitrogens with one attached hydrogen (secondary N) is 2. The van der Waals surface area contributed by atoms with Crippen LogP contribution in [0.15, 0.2) is 47.7 Å². The van der Waals surface area contributed by atoms with E-state index in [0.717, 1.165) is 22.6 Å². The van der Waals surface area contributed by atoms with Crippen molar-refractivity contribution < 1.29 is 10.7 Å². The first-order valence-electron chi connectivity index (χ1n) is 6.59. The van der Waals surface area contributed by atoms with E-state index in [9.17, 15) is 4.79 Å². The number of aromatic amines is 1. The Morgan fingerprint density at radius 1 is 1.36 bits per heavy atom. The van der Waals surface area contributed by atoms with Gasteiger partial charge in [-0.15, -0.1) is 0 Å². The minimum atomic E-state index is -0.416. The number of benzene rings is 1. The fraction of sp³-hybridized carbons (Fsp3) is 0.0714. The molecule has 0 radical (unpaired) electrons. The highest BCUT2D eigenvalue weighted by atomic mass is 16.5. The normalized spacial score (nSPS) is 10.6. The van der Waals surface area contributed by atoms with Gasteiger partial charge in [0.15, 0.2) is 0 Å². The molecule has 0 saturated heterocycles. The minimum Gasteiger partial charge on any atom is -0.334 e. The van der Waals surface area contributed by atoms with E-state index in [0.29, 0.717) is 5.95 Å². The molecule has 2 heterocycles. The van der Waals surface area contributed by atoms with Crippen LogP contribution in [-0.4, -0.2) is 24.7 Å². The molecule has 0 aliphatic rings. The molecule has 3 aromatic rings. The maximum atomic E-state index is 11.6. The van der Waals surface area contributed by atoms with Crippen molar-refractivity contribution in [1.29, 1.82) is 0 Å². The number of quaternary nitrogens is 1. The van der Waals surface area contributed by atoms with Gasteiger partial charge in [-0.05, 0) is 12.1 Å². The van der Waals surface area contributed by atoms with Gasteiger partial charge < -0.3 is 9.88 Å². The van der Waals surface area contributed by atoms with Gasteiger partial charge in [-0.3, -0.25) is 9.78 Å². The van der Waals surface area contributed by atoms with Crippen LogP contribution in [0.1, 0.15) is 0 Å². The van der Waals surface area contributed by atoms with Gasteiger partial charge in [0, 0.05) is 30.7 Å². The Morgan fingerprint density at radius 2 is 2.23 bits per heavy atom. The van der Waals surface area contributed by atoms with Crippen LogP contribution in [0.2, 0.25) is 0 Å². The highest BCUT2D eigenvalue weighted by molar-refractivity contribution is 5.65. The second-order valence-corrected chi connectivity index (χ2v) is 4.71. The molecule has 3 rings (SSSR count). The van der Waals surface area contributed by atoms with Crippen molar-refractivity contribution in [2.45, 2.75) is 0 Å². The van der Waals surface area contributed by atoms with Crippen LogP contribution < -0.4 is 16.4 Å². The molecule has 8 nitrogen and oxygen atoms in total.